The molecule has 0 saturated heterocycles. The Bertz CT molecular complexity index is 477. The van der Waals surface area contributed by atoms with Crippen molar-refractivity contribution >= 4 is 10.8 Å². The van der Waals surface area contributed by atoms with Gasteiger partial charge in [-0.3, -0.25) is 0 Å². The molecule has 0 aliphatic heterocycles. The number of aryl methyl sites for hydroxylation is 1. The van der Waals surface area contributed by atoms with Crippen molar-refractivity contribution in [3.63, 3.8) is 0 Å². The first kappa shape index (κ1) is 11.0. The monoisotopic (exact) mass is 216 g/mol. The summed E-state index contributed by atoms with van der Waals surface area (Å²) in [5, 5.41) is 2.45. The molecule has 2 nitrogen and oxygen atoms in total. The van der Waals surface area contributed by atoms with Crippen LogP contribution in [0.1, 0.15) is 12.5 Å². The second-order valence-corrected chi connectivity index (χ2v) is 3.75. The molecule has 84 valence electrons. The van der Waals surface area contributed by atoms with E-state index in [9.17, 15) is 0 Å². The largest absolute Gasteiger partial charge is 0.468 e. The summed E-state index contributed by atoms with van der Waals surface area (Å²) in [5.74, 6) is 0.846. The lowest BCUT2D eigenvalue weighted by molar-refractivity contribution is 0.0512. The number of methoxy groups -OCH3 is 1. The van der Waals surface area contributed by atoms with Gasteiger partial charge in [-0.2, -0.15) is 0 Å². The second kappa shape index (κ2) is 4.99. The number of hydrogen-bond acceptors (Lipinski definition) is 2. The first-order chi connectivity index (χ1) is 7.83. The third-order valence-corrected chi connectivity index (χ3v) is 2.63. The molecule has 2 rings (SSSR count). The van der Waals surface area contributed by atoms with Gasteiger partial charge < -0.3 is 9.47 Å². The SMILES string of the molecule is CCc1ccc2cc(OCOC)ccc2c1. The van der Waals surface area contributed by atoms with Crippen LogP contribution in [0.25, 0.3) is 10.8 Å². The van der Waals surface area contributed by atoms with Gasteiger partial charge in [0.15, 0.2) is 6.79 Å². The minimum absolute atomic E-state index is 0.290. The molecule has 0 bridgehead atoms. The highest BCUT2D eigenvalue weighted by Crippen LogP contribution is 2.22. The molecule has 0 heterocycles. The Balaban J connectivity index is 2.32. The van der Waals surface area contributed by atoms with E-state index in [1.54, 1.807) is 7.11 Å². The molecule has 0 N–H and O–H groups in total. The van der Waals surface area contributed by atoms with Crippen LogP contribution in [0.15, 0.2) is 36.4 Å². The summed E-state index contributed by atoms with van der Waals surface area (Å²) >= 11 is 0. The van der Waals surface area contributed by atoms with E-state index in [2.05, 4.69) is 31.2 Å². The number of hydrogen-bond donors (Lipinski definition) is 0. The fourth-order valence-electron chi connectivity index (χ4n) is 1.71. The minimum Gasteiger partial charge on any atom is -0.468 e. The quantitative estimate of drug-likeness (QED) is 0.729. The zero-order valence-corrected chi connectivity index (χ0v) is 9.69. The van der Waals surface area contributed by atoms with E-state index in [0.29, 0.717) is 6.79 Å². The molecule has 2 aromatic carbocycles. The van der Waals surface area contributed by atoms with Crippen molar-refractivity contribution in [3.05, 3.63) is 42.0 Å². The molecule has 0 atom stereocenters. The van der Waals surface area contributed by atoms with Crippen LogP contribution in [0.4, 0.5) is 0 Å². The van der Waals surface area contributed by atoms with Crippen LogP contribution in [0, 0.1) is 0 Å². The summed E-state index contributed by atoms with van der Waals surface area (Å²) in [6, 6.07) is 12.6. The van der Waals surface area contributed by atoms with E-state index in [1.807, 2.05) is 12.1 Å². The van der Waals surface area contributed by atoms with Gasteiger partial charge in [0.25, 0.3) is 0 Å². The minimum atomic E-state index is 0.290. The van der Waals surface area contributed by atoms with Crippen molar-refractivity contribution in [2.45, 2.75) is 13.3 Å². The zero-order valence-electron chi connectivity index (χ0n) is 9.69. The van der Waals surface area contributed by atoms with Gasteiger partial charge in [-0.25, -0.2) is 0 Å². The molecule has 0 saturated carbocycles. The smallest absolute Gasteiger partial charge is 0.188 e. The molecule has 0 fully saturated rings. The van der Waals surface area contributed by atoms with Crippen LogP contribution in [-0.2, 0) is 11.2 Å². The maximum absolute atomic E-state index is 5.40. The van der Waals surface area contributed by atoms with Crippen LogP contribution >= 0.6 is 0 Å². The Morgan fingerprint density at radius 2 is 1.75 bits per heavy atom. The molecular formula is C14H16O2. The van der Waals surface area contributed by atoms with Crippen molar-refractivity contribution in [2.24, 2.45) is 0 Å². The standard InChI is InChI=1S/C14H16O2/c1-3-11-4-5-13-9-14(16-10-15-2)7-6-12(13)8-11/h4-9H,3,10H2,1-2H3. The van der Waals surface area contributed by atoms with Crippen LogP contribution in [0.2, 0.25) is 0 Å². The third-order valence-electron chi connectivity index (χ3n) is 2.63. The predicted octanol–water partition coefficient (Wildman–Crippen LogP) is 3.38. The highest BCUT2D eigenvalue weighted by molar-refractivity contribution is 5.84. The van der Waals surface area contributed by atoms with Gasteiger partial charge >= 0.3 is 0 Å². The summed E-state index contributed by atoms with van der Waals surface area (Å²) < 4.78 is 10.3. The molecule has 0 aliphatic rings. The summed E-state index contributed by atoms with van der Waals surface area (Å²) in [6.45, 7) is 2.45. The summed E-state index contributed by atoms with van der Waals surface area (Å²) in [7, 11) is 1.62. The number of ether oxygens (including phenoxy) is 2. The molecule has 2 aromatic rings. The second-order valence-electron chi connectivity index (χ2n) is 3.75. The Hall–Kier alpha value is -1.54. The van der Waals surface area contributed by atoms with Crippen molar-refractivity contribution in [1.82, 2.24) is 0 Å². The van der Waals surface area contributed by atoms with Gasteiger partial charge in [0.1, 0.15) is 5.75 Å². The first-order valence-electron chi connectivity index (χ1n) is 5.48. The molecule has 0 aliphatic carbocycles. The van der Waals surface area contributed by atoms with Crippen molar-refractivity contribution < 1.29 is 9.47 Å². The average molecular weight is 216 g/mol. The van der Waals surface area contributed by atoms with E-state index in [4.69, 9.17) is 9.47 Å². The van der Waals surface area contributed by atoms with Gasteiger partial charge in [0.2, 0.25) is 0 Å². The fraction of sp³-hybridized carbons (Fsp3) is 0.286. The van der Waals surface area contributed by atoms with E-state index in [1.165, 1.54) is 16.3 Å². The van der Waals surface area contributed by atoms with Gasteiger partial charge in [0.05, 0.1) is 0 Å². The Morgan fingerprint density at radius 3 is 2.50 bits per heavy atom. The molecule has 2 heteroatoms. The van der Waals surface area contributed by atoms with Crippen molar-refractivity contribution in [3.8, 4) is 5.75 Å². The lowest BCUT2D eigenvalue weighted by atomic mass is 10.1. The number of benzene rings is 2. The highest BCUT2D eigenvalue weighted by atomic mass is 16.7. The molecule has 0 aromatic heterocycles. The Kier molecular flexibility index (Phi) is 3.42. The molecule has 0 unspecified atom stereocenters. The molecular weight excluding hydrogens is 200 g/mol. The summed E-state index contributed by atoms with van der Waals surface area (Å²) in [5.41, 5.74) is 1.36. The molecule has 16 heavy (non-hydrogen) atoms. The van der Waals surface area contributed by atoms with Gasteiger partial charge in [-0.05, 0) is 34.9 Å². The average Bonchev–Trinajstić information content (AvgIpc) is 2.35. The van der Waals surface area contributed by atoms with Crippen molar-refractivity contribution in [1.29, 1.82) is 0 Å². The summed E-state index contributed by atoms with van der Waals surface area (Å²) in [4.78, 5) is 0. The zero-order chi connectivity index (χ0) is 11.4. The van der Waals surface area contributed by atoms with Gasteiger partial charge in [-0.1, -0.05) is 31.2 Å². The fourth-order valence-corrected chi connectivity index (χ4v) is 1.71. The topological polar surface area (TPSA) is 18.5 Å². The van der Waals surface area contributed by atoms with E-state index in [0.717, 1.165) is 12.2 Å². The van der Waals surface area contributed by atoms with Crippen LogP contribution < -0.4 is 4.74 Å². The molecule has 0 spiro atoms. The third kappa shape index (κ3) is 2.34. The van der Waals surface area contributed by atoms with Crippen LogP contribution in [0.3, 0.4) is 0 Å². The maximum atomic E-state index is 5.40. The van der Waals surface area contributed by atoms with Crippen LogP contribution in [0.5, 0.6) is 5.75 Å². The Labute approximate surface area is 95.8 Å². The number of rotatable bonds is 4. The van der Waals surface area contributed by atoms with Crippen molar-refractivity contribution in [2.75, 3.05) is 13.9 Å². The van der Waals surface area contributed by atoms with E-state index in [-0.39, 0.29) is 0 Å². The predicted molar refractivity (Wildman–Crippen MR) is 65.8 cm³/mol. The van der Waals surface area contributed by atoms with E-state index < -0.39 is 0 Å². The van der Waals surface area contributed by atoms with E-state index >= 15 is 0 Å². The van der Waals surface area contributed by atoms with Gasteiger partial charge in [-0.15, -0.1) is 0 Å². The lowest BCUT2D eigenvalue weighted by Crippen LogP contribution is -1.98. The summed E-state index contributed by atoms with van der Waals surface area (Å²) in [6.07, 6.45) is 1.07. The molecule has 0 radical (unpaired) electrons. The normalized spacial score (nSPS) is 10.6. The Morgan fingerprint density at radius 1 is 1.00 bits per heavy atom. The maximum Gasteiger partial charge on any atom is 0.188 e. The van der Waals surface area contributed by atoms with Gasteiger partial charge in [0, 0.05) is 7.11 Å². The molecule has 0 amide bonds. The first-order valence-corrected chi connectivity index (χ1v) is 5.48. The number of fused-ring (bicyclic) bond motifs is 1. The van der Waals surface area contributed by atoms with Crippen LogP contribution in [-0.4, -0.2) is 13.9 Å². The lowest BCUT2D eigenvalue weighted by Gasteiger charge is -2.06. The highest BCUT2D eigenvalue weighted by Gasteiger charge is 1.98.